The molecule has 2 amide bonds. The summed E-state index contributed by atoms with van der Waals surface area (Å²) >= 11 is 6.03. The predicted octanol–water partition coefficient (Wildman–Crippen LogP) is 2.83. The summed E-state index contributed by atoms with van der Waals surface area (Å²) in [4.78, 5) is 28.0. The first-order valence-electron chi connectivity index (χ1n) is 7.81. The Kier molecular flexibility index (Phi) is 5.60. The Hall–Kier alpha value is -3.19. The number of nitrogens with one attached hydrogen (secondary N) is 2. The molecule has 3 aromatic rings. The van der Waals surface area contributed by atoms with E-state index in [0.29, 0.717) is 10.7 Å². The number of anilines is 1. The Balaban J connectivity index is 1.54. The zero-order valence-corrected chi connectivity index (χ0v) is 14.4. The second-order valence-electron chi connectivity index (χ2n) is 5.38. The Bertz CT molecular complexity index is 912. The number of halogens is 1. The van der Waals surface area contributed by atoms with Crippen LogP contribution in [0.3, 0.4) is 0 Å². The van der Waals surface area contributed by atoms with Crippen LogP contribution in [0.25, 0.3) is 0 Å². The van der Waals surface area contributed by atoms with Crippen LogP contribution in [-0.4, -0.2) is 22.0 Å². The minimum absolute atomic E-state index is 0.101. The van der Waals surface area contributed by atoms with Crippen LogP contribution < -0.4 is 10.6 Å². The summed E-state index contributed by atoms with van der Waals surface area (Å²) in [6.07, 6.45) is -0.101. The van der Waals surface area contributed by atoms with E-state index in [2.05, 4.69) is 20.8 Å². The number of aromatic nitrogens is 2. The molecule has 2 N–H and O–H groups in total. The average molecular weight is 371 g/mol. The van der Waals surface area contributed by atoms with Crippen molar-refractivity contribution in [3.05, 3.63) is 76.9 Å². The lowest BCUT2D eigenvalue weighted by Gasteiger charge is -2.04. The van der Waals surface area contributed by atoms with E-state index in [1.807, 2.05) is 24.3 Å². The van der Waals surface area contributed by atoms with Crippen LogP contribution in [0.1, 0.15) is 22.1 Å². The highest BCUT2D eigenvalue weighted by Gasteiger charge is 2.17. The number of carbonyl (C=O) groups excluding carboxylic acids is 2. The first kappa shape index (κ1) is 17.6. The van der Waals surface area contributed by atoms with E-state index in [1.54, 1.807) is 30.3 Å². The van der Waals surface area contributed by atoms with Crippen LogP contribution in [0.5, 0.6) is 0 Å². The van der Waals surface area contributed by atoms with Gasteiger partial charge in [0.15, 0.2) is 5.82 Å². The molecule has 132 valence electrons. The molecule has 26 heavy (non-hydrogen) atoms. The Morgan fingerprint density at radius 1 is 1.04 bits per heavy atom. The minimum Gasteiger partial charge on any atom is -0.344 e. The van der Waals surface area contributed by atoms with E-state index in [-0.39, 0.29) is 30.6 Å². The largest absolute Gasteiger partial charge is 0.344 e. The zero-order chi connectivity index (χ0) is 18.4. The fraction of sp³-hybridized carbons (Fsp3) is 0.111. The first-order valence-corrected chi connectivity index (χ1v) is 8.18. The van der Waals surface area contributed by atoms with Crippen LogP contribution >= 0.6 is 11.6 Å². The topological polar surface area (TPSA) is 97.1 Å². The van der Waals surface area contributed by atoms with Crippen molar-refractivity contribution < 1.29 is 14.1 Å². The molecule has 0 aliphatic heterocycles. The molecular weight excluding hydrogens is 356 g/mol. The van der Waals surface area contributed by atoms with Crippen LogP contribution in [0.15, 0.2) is 59.1 Å². The van der Waals surface area contributed by atoms with Crippen molar-refractivity contribution in [2.24, 2.45) is 0 Å². The predicted molar refractivity (Wildman–Crippen MR) is 95.7 cm³/mol. The number of amides is 2. The summed E-state index contributed by atoms with van der Waals surface area (Å²) in [7, 11) is 0. The summed E-state index contributed by atoms with van der Waals surface area (Å²) in [5, 5.41) is 9.56. The first-order chi connectivity index (χ1) is 12.6. The Morgan fingerprint density at radius 3 is 2.54 bits per heavy atom. The molecule has 1 aromatic heterocycles. The highest BCUT2D eigenvalue weighted by molar-refractivity contribution is 6.31. The fourth-order valence-corrected chi connectivity index (χ4v) is 2.38. The number of rotatable bonds is 6. The molecular formula is C18H15ClN4O3. The summed E-state index contributed by atoms with van der Waals surface area (Å²) < 4.78 is 4.91. The molecule has 0 fully saturated rings. The van der Waals surface area contributed by atoms with E-state index < -0.39 is 5.91 Å². The zero-order valence-electron chi connectivity index (χ0n) is 13.6. The standard InChI is InChI=1S/C18H15ClN4O3/c19-14-9-5-4-6-12(14)11-20-17(25)18-22-15(23-26-18)10-16(24)21-13-7-2-1-3-8-13/h1-9H,10-11H2,(H,20,25)(H,21,24). The average Bonchev–Trinajstić information content (AvgIpc) is 3.10. The Morgan fingerprint density at radius 2 is 1.77 bits per heavy atom. The van der Waals surface area contributed by atoms with Gasteiger partial charge >= 0.3 is 11.8 Å². The van der Waals surface area contributed by atoms with Crippen LogP contribution in [0, 0.1) is 0 Å². The van der Waals surface area contributed by atoms with Gasteiger partial charge in [-0.3, -0.25) is 9.59 Å². The molecule has 0 spiro atoms. The second-order valence-corrected chi connectivity index (χ2v) is 5.79. The van der Waals surface area contributed by atoms with Gasteiger partial charge in [-0.2, -0.15) is 4.98 Å². The van der Waals surface area contributed by atoms with Crippen molar-refractivity contribution in [3.8, 4) is 0 Å². The molecule has 2 aromatic carbocycles. The molecule has 0 atom stereocenters. The highest BCUT2D eigenvalue weighted by Crippen LogP contribution is 2.14. The van der Waals surface area contributed by atoms with Crippen LogP contribution in [0.4, 0.5) is 5.69 Å². The quantitative estimate of drug-likeness (QED) is 0.695. The van der Waals surface area contributed by atoms with Gasteiger partial charge in [-0.05, 0) is 23.8 Å². The normalized spacial score (nSPS) is 10.3. The van der Waals surface area contributed by atoms with Crippen molar-refractivity contribution in [1.29, 1.82) is 0 Å². The number of benzene rings is 2. The third kappa shape index (κ3) is 4.67. The molecule has 0 bridgehead atoms. The molecule has 0 aliphatic rings. The molecule has 0 unspecified atom stereocenters. The smallest absolute Gasteiger partial charge is 0.315 e. The number of carbonyl (C=O) groups is 2. The van der Waals surface area contributed by atoms with Crippen LogP contribution in [-0.2, 0) is 17.8 Å². The van der Waals surface area contributed by atoms with E-state index in [0.717, 1.165) is 5.56 Å². The lowest BCUT2D eigenvalue weighted by atomic mass is 10.2. The van der Waals surface area contributed by atoms with Gasteiger partial charge < -0.3 is 15.2 Å². The third-order valence-corrected chi connectivity index (χ3v) is 3.80. The molecule has 0 aliphatic carbocycles. The van der Waals surface area contributed by atoms with Gasteiger partial charge in [0.2, 0.25) is 5.91 Å². The molecule has 1 heterocycles. The molecule has 3 rings (SSSR count). The van der Waals surface area contributed by atoms with Crippen molar-refractivity contribution in [2.45, 2.75) is 13.0 Å². The van der Waals surface area contributed by atoms with Crippen molar-refractivity contribution in [3.63, 3.8) is 0 Å². The minimum atomic E-state index is -0.535. The van der Waals surface area contributed by atoms with Crippen molar-refractivity contribution >= 4 is 29.1 Å². The van der Waals surface area contributed by atoms with Gasteiger partial charge in [0, 0.05) is 17.3 Å². The number of nitrogens with zero attached hydrogens (tertiary/aromatic N) is 2. The number of hydrogen-bond acceptors (Lipinski definition) is 5. The Labute approximate surface area is 154 Å². The monoisotopic (exact) mass is 370 g/mol. The summed E-state index contributed by atoms with van der Waals surface area (Å²) in [6.45, 7) is 0.227. The molecule has 0 saturated heterocycles. The lowest BCUT2D eigenvalue weighted by molar-refractivity contribution is -0.115. The molecule has 0 saturated carbocycles. The van der Waals surface area contributed by atoms with Gasteiger partial charge in [-0.25, -0.2) is 0 Å². The summed E-state index contributed by atoms with van der Waals surface area (Å²) in [5.74, 6) is -0.923. The van der Waals surface area contributed by atoms with E-state index in [9.17, 15) is 9.59 Å². The number of para-hydroxylation sites is 1. The van der Waals surface area contributed by atoms with Gasteiger partial charge in [0.1, 0.15) is 0 Å². The number of hydrogen-bond donors (Lipinski definition) is 2. The maximum absolute atomic E-state index is 12.1. The SMILES string of the molecule is O=C(Cc1noc(C(=O)NCc2ccccc2Cl)n1)Nc1ccccc1. The van der Waals surface area contributed by atoms with E-state index in [4.69, 9.17) is 16.1 Å². The van der Waals surface area contributed by atoms with Gasteiger partial charge in [-0.1, -0.05) is 53.2 Å². The highest BCUT2D eigenvalue weighted by atomic mass is 35.5. The van der Waals surface area contributed by atoms with Gasteiger partial charge in [0.05, 0.1) is 6.42 Å². The van der Waals surface area contributed by atoms with Gasteiger partial charge in [-0.15, -0.1) is 0 Å². The van der Waals surface area contributed by atoms with Crippen molar-refractivity contribution in [2.75, 3.05) is 5.32 Å². The fourth-order valence-electron chi connectivity index (χ4n) is 2.18. The van der Waals surface area contributed by atoms with Gasteiger partial charge in [0.25, 0.3) is 0 Å². The maximum Gasteiger partial charge on any atom is 0.315 e. The summed E-state index contributed by atoms with van der Waals surface area (Å²) in [5.41, 5.74) is 1.43. The summed E-state index contributed by atoms with van der Waals surface area (Å²) in [6, 6.07) is 16.2. The second kappa shape index (κ2) is 8.26. The molecule has 8 heteroatoms. The van der Waals surface area contributed by atoms with Crippen LogP contribution in [0.2, 0.25) is 5.02 Å². The lowest BCUT2D eigenvalue weighted by Crippen LogP contribution is -2.23. The van der Waals surface area contributed by atoms with E-state index in [1.165, 1.54) is 0 Å². The maximum atomic E-state index is 12.1. The van der Waals surface area contributed by atoms with E-state index >= 15 is 0 Å². The molecule has 7 nitrogen and oxygen atoms in total. The molecule has 0 radical (unpaired) electrons. The third-order valence-electron chi connectivity index (χ3n) is 3.44. The van der Waals surface area contributed by atoms with Crippen molar-refractivity contribution in [1.82, 2.24) is 15.5 Å².